The first-order valence-electron chi connectivity index (χ1n) is 10.6. The van der Waals surface area contributed by atoms with Crippen LogP contribution in [-0.2, 0) is 11.3 Å². The van der Waals surface area contributed by atoms with Crippen molar-refractivity contribution in [3.8, 4) is 11.3 Å². The second-order valence-corrected chi connectivity index (χ2v) is 7.80. The summed E-state index contributed by atoms with van der Waals surface area (Å²) >= 11 is 0. The standard InChI is InChI=1S/C25H24N4O4/c1-5-29-24-19(12-26-29)18(11-20(28-24)17-9-7-6-8-10-17)25(32)33-13-21(31)23-14(2)22(16(4)30)15(3)27-23/h6-12,27H,5,13H2,1-4H3. The lowest BCUT2D eigenvalue weighted by molar-refractivity contribution is 0.0475. The Hall–Kier alpha value is -4.07. The summed E-state index contributed by atoms with van der Waals surface area (Å²) in [6.07, 6.45) is 1.58. The second kappa shape index (κ2) is 8.82. The number of benzene rings is 1. The van der Waals surface area contributed by atoms with Crippen LogP contribution >= 0.6 is 0 Å². The SMILES string of the molecule is CCn1ncc2c(C(=O)OCC(=O)c3[nH]c(C)c(C(C)=O)c3C)cc(-c3ccccc3)nc21. The molecule has 4 aromatic rings. The molecular weight excluding hydrogens is 420 g/mol. The van der Waals surface area contributed by atoms with E-state index in [0.717, 1.165) is 5.56 Å². The van der Waals surface area contributed by atoms with E-state index in [0.29, 0.717) is 40.1 Å². The molecule has 33 heavy (non-hydrogen) atoms. The number of esters is 1. The Morgan fingerprint density at radius 1 is 1.12 bits per heavy atom. The van der Waals surface area contributed by atoms with Crippen LogP contribution in [-0.4, -0.2) is 43.9 Å². The van der Waals surface area contributed by atoms with E-state index < -0.39 is 18.4 Å². The largest absolute Gasteiger partial charge is 0.454 e. The van der Waals surface area contributed by atoms with Crippen LogP contribution in [0.4, 0.5) is 0 Å². The third-order valence-corrected chi connectivity index (χ3v) is 5.60. The van der Waals surface area contributed by atoms with Gasteiger partial charge in [-0.2, -0.15) is 5.10 Å². The molecule has 8 heteroatoms. The zero-order valence-corrected chi connectivity index (χ0v) is 18.9. The van der Waals surface area contributed by atoms with Crippen molar-refractivity contribution in [3.63, 3.8) is 0 Å². The van der Waals surface area contributed by atoms with Gasteiger partial charge in [-0.3, -0.25) is 9.59 Å². The fraction of sp³-hybridized carbons (Fsp3) is 0.240. The number of nitrogens with zero attached hydrogens (tertiary/aromatic N) is 3. The summed E-state index contributed by atoms with van der Waals surface area (Å²) in [6.45, 7) is 6.96. The van der Waals surface area contributed by atoms with E-state index in [1.165, 1.54) is 6.92 Å². The molecule has 168 valence electrons. The number of ether oxygens (including phenoxy) is 1. The van der Waals surface area contributed by atoms with Crippen molar-refractivity contribution in [1.82, 2.24) is 19.7 Å². The van der Waals surface area contributed by atoms with E-state index in [1.807, 2.05) is 37.3 Å². The molecule has 4 rings (SSSR count). The summed E-state index contributed by atoms with van der Waals surface area (Å²) in [4.78, 5) is 45.3. The van der Waals surface area contributed by atoms with E-state index in [2.05, 4.69) is 10.1 Å². The van der Waals surface area contributed by atoms with E-state index in [-0.39, 0.29) is 17.0 Å². The summed E-state index contributed by atoms with van der Waals surface area (Å²) in [5.41, 5.74) is 4.25. The molecule has 0 fully saturated rings. The fourth-order valence-electron chi connectivity index (χ4n) is 4.04. The van der Waals surface area contributed by atoms with Gasteiger partial charge in [0, 0.05) is 23.4 Å². The van der Waals surface area contributed by atoms with Crippen LogP contribution in [0.1, 0.15) is 56.3 Å². The fourth-order valence-corrected chi connectivity index (χ4v) is 4.04. The van der Waals surface area contributed by atoms with Crippen LogP contribution in [0.3, 0.4) is 0 Å². The van der Waals surface area contributed by atoms with Crippen LogP contribution < -0.4 is 0 Å². The van der Waals surface area contributed by atoms with Gasteiger partial charge in [-0.15, -0.1) is 0 Å². The van der Waals surface area contributed by atoms with Gasteiger partial charge in [0.25, 0.3) is 0 Å². The quantitative estimate of drug-likeness (QED) is 0.336. The molecule has 3 heterocycles. The third kappa shape index (κ3) is 4.07. The van der Waals surface area contributed by atoms with Crippen LogP contribution in [0.25, 0.3) is 22.3 Å². The molecule has 8 nitrogen and oxygen atoms in total. The number of rotatable bonds is 7. The number of aryl methyl sites for hydroxylation is 2. The first-order chi connectivity index (χ1) is 15.8. The summed E-state index contributed by atoms with van der Waals surface area (Å²) in [7, 11) is 0. The zero-order chi connectivity index (χ0) is 23.7. The molecule has 0 saturated heterocycles. The number of aromatic amines is 1. The molecule has 0 atom stereocenters. The predicted molar refractivity (Wildman–Crippen MR) is 124 cm³/mol. The van der Waals surface area contributed by atoms with Crippen molar-refractivity contribution < 1.29 is 19.1 Å². The van der Waals surface area contributed by atoms with E-state index >= 15 is 0 Å². The van der Waals surface area contributed by atoms with E-state index in [1.54, 1.807) is 30.8 Å². The lowest BCUT2D eigenvalue weighted by Crippen LogP contribution is -2.16. The number of carbonyl (C=O) groups excluding carboxylic acids is 3. The minimum absolute atomic E-state index is 0.127. The highest BCUT2D eigenvalue weighted by atomic mass is 16.5. The maximum absolute atomic E-state index is 13.0. The summed E-state index contributed by atoms with van der Waals surface area (Å²) in [5.74, 6) is -1.18. The Balaban J connectivity index is 1.65. The van der Waals surface area contributed by atoms with Gasteiger partial charge in [0.2, 0.25) is 5.78 Å². The molecule has 0 aliphatic rings. The Morgan fingerprint density at radius 2 is 1.85 bits per heavy atom. The Labute approximate surface area is 190 Å². The second-order valence-electron chi connectivity index (χ2n) is 7.80. The number of fused-ring (bicyclic) bond motifs is 1. The van der Waals surface area contributed by atoms with Crippen molar-refractivity contribution in [2.75, 3.05) is 6.61 Å². The maximum atomic E-state index is 13.0. The maximum Gasteiger partial charge on any atom is 0.339 e. The third-order valence-electron chi connectivity index (χ3n) is 5.60. The Morgan fingerprint density at radius 3 is 2.48 bits per heavy atom. The zero-order valence-electron chi connectivity index (χ0n) is 18.9. The van der Waals surface area contributed by atoms with E-state index in [4.69, 9.17) is 9.72 Å². The van der Waals surface area contributed by atoms with Crippen molar-refractivity contribution >= 4 is 28.6 Å². The van der Waals surface area contributed by atoms with Gasteiger partial charge in [0.05, 0.1) is 28.5 Å². The average Bonchev–Trinajstić information content (AvgIpc) is 3.36. The van der Waals surface area contributed by atoms with Crippen molar-refractivity contribution in [3.05, 3.63) is 70.7 Å². The number of pyridine rings is 1. The summed E-state index contributed by atoms with van der Waals surface area (Å²) in [6, 6.07) is 11.2. The number of Topliss-reactive ketones (excluding diaryl/α,β-unsaturated/α-hetero) is 2. The van der Waals surface area contributed by atoms with Crippen molar-refractivity contribution in [1.29, 1.82) is 0 Å². The highest BCUT2D eigenvalue weighted by Gasteiger charge is 2.23. The van der Waals surface area contributed by atoms with Gasteiger partial charge in [0.1, 0.15) is 0 Å². The van der Waals surface area contributed by atoms with Crippen LogP contribution in [0.2, 0.25) is 0 Å². The molecule has 3 aromatic heterocycles. The lowest BCUT2D eigenvalue weighted by atomic mass is 10.1. The highest BCUT2D eigenvalue weighted by Crippen LogP contribution is 2.26. The van der Waals surface area contributed by atoms with Crippen molar-refractivity contribution in [2.24, 2.45) is 0 Å². The van der Waals surface area contributed by atoms with Gasteiger partial charge in [0.15, 0.2) is 18.0 Å². The summed E-state index contributed by atoms with van der Waals surface area (Å²) in [5, 5.41) is 4.87. The van der Waals surface area contributed by atoms with Crippen molar-refractivity contribution in [2.45, 2.75) is 34.2 Å². The molecule has 0 bridgehead atoms. The first kappa shape index (κ1) is 22.1. The Kier molecular flexibility index (Phi) is 5.91. The van der Waals surface area contributed by atoms with E-state index in [9.17, 15) is 14.4 Å². The number of nitrogens with one attached hydrogen (secondary N) is 1. The monoisotopic (exact) mass is 444 g/mol. The molecule has 0 radical (unpaired) electrons. The number of H-pyrrole nitrogens is 1. The minimum Gasteiger partial charge on any atom is -0.454 e. The molecule has 0 spiro atoms. The molecule has 0 aliphatic carbocycles. The number of ketones is 2. The number of aromatic nitrogens is 4. The summed E-state index contributed by atoms with van der Waals surface area (Å²) < 4.78 is 7.10. The van der Waals surface area contributed by atoms with Gasteiger partial charge >= 0.3 is 5.97 Å². The topological polar surface area (TPSA) is 107 Å². The van der Waals surface area contributed by atoms with Gasteiger partial charge in [-0.05, 0) is 39.3 Å². The van der Waals surface area contributed by atoms with Crippen LogP contribution in [0.15, 0.2) is 42.6 Å². The average molecular weight is 444 g/mol. The molecule has 1 aromatic carbocycles. The van der Waals surface area contributed by atoms with Gasteiger partial charge in [-0.1, -0.05) is 30.3 Å². The molecular formula is C25H24N4O4. The van der Waals surface area contributed by atoms with Crippen LogP contribution in [0.5, 0.6) is 0 Å². The van der Waals surface area contributed by atoms with Crippen LogP contribution in [0, 0.1) is 13.8 Å². The molecule has 0 unspecified atom stereocenters. The minimum atomic E-state index is -0.642. The predicted octanol–water partition coefficient (Wildman–Crippen LogP) is 4.31. The van der Waals surface area contributed by atoms with Gasteiger partial charge in [-0.25, -0.2) is 14.5 Å². The Bertz CT molecular complexity index is 1380. The number of carbonyl (C=O) groups is 3. The lowest BCUT2D eigenvalue weighted by Gasteiger charge is -2.09. The highest BCUT2D eigenvalue weighted by molar-refractivity contribution is 6.06. The molecule has 0 aliphatic heterocycles. The van der Waals surface area contributed by atoms with Gasteiger partial charge < -0.3 is 9.72 Å². The first-order valence-corrected chi connectivity index (χ1v) is 10.6. The number of hydrogen-bond donors (Lipinski definition) is 1. The molecule has 0 saturated carbocycles. The number of hydrogen-bond acceptors (Lipinski definition) is 6. The normalized spacial score (nSPS) is 11.0. The molecule has 1 N–H and O–H groups in total. The molecule has 0 amide bonds. The smallest absolute Gasteiger partial charge is 0.339 e.